The second-order valence-electron chi connectivity index (χ2n) is 8.83. The highest BCUT2D eigenvalue weighted by Crippen LogP contribution is 2.43. The Morgan fingerprint density at radius 2 is 1.85 bits per heavy atom. The Labute approximate surface area is 193 Å². The van der Waals surface area contributed by atoms with Gasteiger partial charge in [0, 0.05) is 30.2 Å². The fourth-order valence-corrected chi connectivity index (χ4v) is 4.38. The van der Waals surface area contributed by atoms with Crippen LogP contribution in [0, 0.1) is 5.82 Å². The topological polar surface area (TPSA) is 125 Å². The molecule has 0 unspecified atom stereocenters. The summed E-state index contributed by atoms with van der Waals surface area (Å²) < 4.78 is 14.7. The molecular weight excluding hydrogens is 441 g/mol. The number of benzene rings is 2. The number of hydrogen-bond donors (Lipinski definition) is 4. The van der Waals surface area contributed by atoms with Crippen LogP contribution in [0.15, 0.2) is 42.7 Å². The average Bonchev–Trinajstić information content (AvgIpc) is 3.52. The molecule has 9 heteroatoms. The van der Waals surface area contributed by atoms with E-state index in [9.17, 15) is 29.3 Å². The van der Waals surface area contributed by atoms with Gasteiger partial charge < -0.3 is 25.2 Å². The van der Waals surface area contributed by atoms with Crippen LogP contribution < -0.4 is 5.32 Å². The number of phenols is 1. The van der Waals surface area contributed by atoms with Crippen molar-refractivity contribution in [2.75, 3.05) is 0 Å². The van der Waals surface area contributed by atoms with Gasteiger partial charge in [0.25, 0.3) is 0 Å². The third-order valence-electron chi connectivity index (χ3n) is 6.40. The molecule has 0 atom stereocenters. The van der Waals surface area contributed by atoms with E-state index < -0.39 is 17.4 Å². The molecule has 174 valence electrons. The lowest BCUT2D eigenvalue weighted by Crippen LogP contribution is -2.43. The van der Waals surface area contributed by atoms with Gasteiger partial charge in [0.1, 0.15) is 16.9 Å². The number of carbonyl (C=O) groups excluding carboxylic acids is 1. The molecule has 5 rings (SSSR count). The normalized spacial score (nSPS) is 14.4. The van der Waals surface area contributed by atoms with Crippen molar-refractivity contribution in [1.29, 1.82) is 0 Å². The van der Waals surface area contributed by atoms with Gasteiger partial charge in [-0.3, -0.25) is 9.78 Å². The Balaban J connectivity index is 1.62. The lowest BCUT2D eigenvalue weighted by atomic mass is 9.96. The first kappa shape index (κ1) is 21.7. The van der Waals surface area contributed by atoms with Crippen LogP contribution in [0.2, 0.25) is 0 Å². The number of rotatable bonds is 6. The second kappa shape index (κ2) is 7.72. The summed E-state index contributed by atoms with van der Waals surface area (Å²) >= 11 is 0. The molecule has 4 aromatic rings. The van der Waals surface area contributed by atoms with Gasteiger partial charge in [-0.2, -0.15) is 0 Å². The molecule has 1 aliphatic carbocycles. The number of carbonyl (C=O) groups is 2. The molecule has 0 aliphatic heterocycles. The summed E-state index contributed by atoms with van der Waals surface area (Å²) in [5.74, 6) is -2.25. The highest BCUT2D eigenvalue weighted by molar-refractivity contribution is 6.10. The minimum Gasteiger partial charge on any atom is -0.505 e. The Bertz CT molecular complexity index is 1470. The molecule has 1 fully saturated rings. The third-order valence-corrected chi connectivity index (χ3v) is 6.40. The van der Waals surface area contributed by atoms with Gasteiger partial charge in [0.05, 0.1) is 11.8 Å². The van der Waals surface area contributed by atoms with E-state index in [1.807, 2.05) is 6.07 Å². The standard InChI is InChI=1S/C25H22FN3O5/c1-29-12-18-16(10-19(30)28-25(6-7-25)24(33)34)17-9-14(8-13-2-4-15(26)5-3-13)11-27-21(17)22(31)20(18)23(29)32/h2-5,9,11-12,31-32H,6-8,10H2,1H3,(H,28,30)(H,33,34). The second-order valence-corrected chi connectivity index (χ2v) is 8.83. The predicted octanol–water partition coefficient (Wildman–Crippen LogP) is 3.14. The number of carboxylic acid groups (broad SMARTS) is 1. The van der Waals surface area contributed by atoms with Gasteiger partial charge >= 0.3 is 5.97 Å². The van der Waals surface area contributed by atoms with E-state index in [2.05, 4.69) is 10.3 Å². The van der Waals surface area contributed by atoms with Crippen molar-refractivity contribution in [3.05, 3.63) is 65.2 Å². The first-order valence-electron chi connectivity index (χ1n) is 10.8. The smallest absolute Gasteiger partial charge is 0.329 e. The molecular formula is C25H22FN3O5. The molecule has 8 nitrogen and oxygen atoms in total. The number of nitrogens with one attached hydrogen (secondary N) is 1. The van der Waals surface area contributed by atoms with Gasteiger partial charge in [-0.05, 0) is 54.2 Å². The number of carboxylic acids is 1. The molecule has 1 amide bonds. The van der Waals surface area contributed by atoms with Crippen LogP contribution in [0.3, 0.4) is 0 Å². The molecule has 2 heterocycles. The lowest BCUT2D eigenvalue weighted by molar-refractivity contribution is -0.143. The van der Waals surface area contributed by atoms with E-state index in [1.165, 1.54) is 16.7 Å². The van der Waals surface area contributed by atoms with Crippen LogP contribution in [0.4, 0.5) is 4.39 Å². The van der Waals surface area contributed by atoms with E-state index in [0.717, 1.165) is 11.1 Å². The molecule has 1 aliphatic rings. The number of aryl methyl sites for hydroxylation is 1. The molecule has 34 heavy (non-hydrogen) atoms. The number of halogens is 1. The summed E-state index contributed by atoms with van der Waals surface area (Å²) in [5, 5.41) is 34.6. The van der Waals surface area contributed by atoms with Crippen molar-refractivity contribution in [3.8, 4) is 11.6 Å². The van der Waals surface area contributed by atoms with Crippen LogP contribution in [0.1, 0.15) is 29.5 Å². The first-order chi connectivity index (χ1) is 16.2. The maximum Gasteiger partial charge on any atom is 0.329 e. The number of pyridine rings is 1. The molecule has 1 saturated carbocycles. The van der Waals surface area contributed by atoms with Gasteiger partial charge in [-0.25, -0.2) is 9.18 Å². The maximum absolute atomic E-state index is 13.3. The van der Waals surface area contributed by atoms with E-state index in [0.29, 0.717) is 35.6 Å². The van der Waals surface area contributed by atoms with Crippen molar-refractivity contribution in [1.82, 2.24) is 14.9 Å². The molecule has 2 aromatic heterocycles. The number of aromatic nitrogens is 2. The van der Waals surface area contributed by atoms with Crippen molar-refractivity contribution < 1.29 is 29.3 Å². The van der Waals surface area contributed by atoms with Crippen LogP contribution >= 0.6 is 0 Å². The largest absolute Gasteiger partial charge is 0.505 e. The minimum absolute atomic E-state index is 0.159. The molecule has 0 saturated heterocycles. The summed E-state index contributed by atoms with van der Waals surface area (Å²) in [5.41, 5.74) is 1.16. The number of aliphatic carboxylic acids is 1. The van der Waals surface area contributed by atoms with Gasteiger partial charge in [0.15, 0.2) is 5.75 Å². The van der Waals surface area contributed by atoms with Gasteiger partial charge in [-0.15, -0.1) is 0 Å². The van der Waals surface area contributed by atoms with E-state index in [1.54, 1.807) is 31.6 Å². The zero-order chi connectivity index (χ0) is 24.2. The van der Waals surface area contributed by atoms with Crippen LogP contribution in [-0.4, -0.2) is 42.3 Å². The quantitative estimate of drug-likeness (QED) is 0.348. The van der Waals surface area contributed by atoms with E-state index >= 15 is 0 Å². The summed E-state index contributed by atoms with van der Waals surface area (Å²) in [6, 6.07) is 7.90. The zero-order valence-electron chi connectivity index (χ0n) is 18.3. The van der Waals surface area contributed by atoms with E-state index in [-0.39, 0.29) is 34.8 Å². The minimum atomic E-state index is -1.23. The Morgan fingerprint density at radius 3 is 2.50 bits per heavy atom. The molecule has 0 radical (unpaired) electrons. The summed E-state index contributed by atoms with van der Waals surface area (Å²) in [6.07, 6.45) is 4.24. The summed E-state index contributed by atoms with van der Waals surface area (Å²) in [4.78, 5) is 28.8. The summed E-state index contributed by atoms with van der Waals surface area (Å²) in [6.45, 7) is 0. The van der Waals surface area contributed by atoms with Gasteiger partial charge in [-0.1, -0.05) is 12.1 Å². The SMILES string of the molecule is Cn1cc2c(CC(=O)NC3(C(=O)O)CC3)c3cc(Cc4ccc(F)cc4)cnc3c(O)c2c1O. The Kier molecular flexibility index (Phi) is 4.93. The number of nitrogens with zero attached hydrogens (tertiary/aromatic N) is 2. The lowest BCUT2D eigenvalue weighted by Gasteiger charge is -2.15. The summed E-state index contributed by atoms with van der Waals surface area (Å²) in [7, 11) is 1.61. The van der Waals surface area contributed by atoms with Crippen LogP contribution in [0.5, 0.6) is 11.6 Å². The number of fused-ring (bicyclic) bond motifs is 2. The van der Waals surface area contributed by atoms with Gasteiger partial charge in [0.2, 0.25) is 11.8 Å². The fourth-order valence-electron chi connectivity index (χ4n) is 4.38. The maximum atomic E-state index is 13.3. The molecule has 0 bridgehead atoms. The van der Waals surface area contributed by atoms with Crippen molar-refractivity contribution >= 4 is 33.6 Å². The Morgan fingerprint density at radius 1 is 1.15 bits per heavy atom. The van der Waals surface area contributed by atoms with Crippen molar-refractivity contribution in [2.45, 2.75) is 31.2 Å². The monoisotopic (exact) mass is 463 g/mol. The highest BCUT2D eigenvalue weighted by atomic mass is 19.1. The predicted molar refractivity (Wildman–Crippen MR) is 122 cm³/mol. The number of amides is 1. The Hall–Kier alpha value is -4.14. The van der Waals surface area contributed by atoms with Crippen LogP contribution in [-0.2, 0) is 29.5 Å². The fraction of sp³-hybridized carbons (Fsp3) is 0.240. The molecule has 4 N–H and O–H groups in total. The average molecular weight is 463 g/mol. The zero-order valence-corrected chi connectivity index (χ0v) is 18.3. The molecule has 2 aromatic carbocycles. The number of hydrogen-bond acceptors (Lipinski definition) is 5. The third kappa shape index (κ3) is 3.59. The molecule has 0 spiro atoms. The number of phenolic OH excluding ortho intramolecular Hbond substituents is 1. The first-order valence-corrected chi connectivity index (χ1v) is 10.8. The van der Waals surface area contributed by atoms with E-state index in [4.69, 9.17) is 0 Å². The number of aromatic hydroxyl groups is 2. The van der Waals surface area contributed by atoms with Crippen molar-refractivity contribution in [2.24, 2.45) is 7.05 Å². The van der Waals surface area contributed by atoms with Crippen LogP contribution in [0.25, 0.3) is 21.7 Å². The highest BCUT2D eigenvalue weighted by Gasteiger charge is 2.51. The van der Waals surface area contributed by atoms with Crippen molar-refractivity contribution in [3.63, 3.8) is 0 Å².